The Morgan fingerprint density at radius 1 is 1.14 bits per heavy atom. The number of piperidine rings is 1. The van der Waals surface area contributed by atoms with Gasteiger partial charge in [0.1, 0.15) is 0 Å². The molecule has 5 nitrogen and oxygen atoms in total. The molecule has 2 aliphatic rings. The van der Waals surface area contributed by atoms with Gasteiger partial charge in [-0.15, -0.1) is 6.58 Å². The molecule has 2 saturated heterocycles. The number of carbonyl (C=O) groups is 1. The van der Waals surface area contributed by atoms with Crippen molar-refractivity contribution >= 4 is 39.1 Å². The van der Waals surface area contributed by atoms with Gasteiger partial charge in [0.15, 0.2) is 0 Å². The van der Waals surface area contributed by atoms with E-state index >= 15 is 0 Å². The van der Waals surface area contributed by atoms with Crippen molar-refractivity contribution in [2.75, 3.05) is 18.8 Å². The number of rotatable bonds is 8. The van der Waals surface area contributed by atoms with Crippen molar-refractivity contribution in [3.05, 3.63) is 82.4 Å². The maximum Gasteiger partial charge on any atom is 0.229 e. The first-order valence-corrected chi connectivity index (χ1v) is 14.9. The van der Waals surface area contributed by atoms with Crippen LogP contribution in [0.25, 0.3) is 0 Å². The van der Waals surface area contributed by atoms with Gasteiger partial charge < -0.3 is 4.90 Å². The minimum atomic E-state index is -3.30. The lowest BCUT2D eigenvalue weighted by Crippen LogP contribution is -2.57. The predicted octanol–water partition coefficient (Wildman–Crippen LogP) is 6.45. The third kappa shape index (κ3) is 5.38. The molecule has 0 radical (unpaired) electrons. The van der Waals surface area contributed by atoms with Crippen LogP contribution in [0.1, 0.15) is 62.6 Å². The summed E-state index contributed by atoms with van der Waals surface area (Å²) in [6.45, 7) is 8.74. The van der Waals surface area contributed by atoms with Crippen LogP contribution in [0.15, 0.2) is 61.2 Å². The monoisotopic (exact) mass is 548 g/mol. The Morgan fingerprint density at radius 2 is 1.86 bits per heavy atom. The van der Waals surface area contributed by atoms with Crippen LogP contribution < -0.4 is 0 Å². The topological polar surface area (TPSA) is 57.7 Å². The number of hydrogen-bond acceptors (Lipinski definition) is 3. The Labute approximate surface area is 225 Å². The number of likely N-dealkylation sites (tertiary alicyclic amines) is 1. The van der Waals surface area contributed by atoms with Gasteiger partial charge in [0, 0.05) is 35.1 Å². The van der Waals surface area contributed by atoms with E-state index in [0.717, 1.165) is 11.1 Å². The molecule has 2 aromatic carbocycles. The molecule has 2 heterocycles. The first kappa shape index (κ1) is 27.2. The second-order valence-corrected chi connectivity index (χ2v) is 13.2. The average molecular weight is 550 g/mol. The van der Waals surface area contributed by atoms with E-state index < -0.39 is 15.4 Å². The maximum absolute atomic E-state index is 14.3. The van der Waals surface area contributed by atoms with Gasteiger partial charge in [0.2, 0.25) is 15.9 Å². The van der Waals surface area contributed by atoms with E-state index in [1.807, 2.05) is 61.2 Å². The lowest BCUT2D eigenvalue weighted by Gasteiger charge is -2.52. The lowest BCUT2D eigenvalue weighted by atomic mass is 9.67. The Balaban J connectivity index is 1.87. The highest BCUT2D eigenvalue weighted by Crippen LogP contribution is 2.52. The second kappa shape index (κ2) is 10.9. The summed E-state index contributed by atoms with van der Waals surface area (Å²) in [5.74, 6) is 0.151. The van der Waals surface area contributed by atoms with Crippen molar-refractivity contribution in [2.45, 2.75) is 57.5 Å². The molecular weight excluding hydrogens is 515 g/mol. The summed E-state index contributed by atoms with van der Waals surface area (Å²) in [5.41, 5.74) is 1.36. The largest absolute Gasteiger partial charge is 0.330 e. The van der Waals surface area contributed by atoms with Crippen molar-refractivity contribution in [1.82, 2.24) is 9.21 Å². The number of benzene rings is 2. The SMILES string of the molecule is C=CC[C@@]1(C)C[C@H](c2cccc(Cl)c2)[C@@H](c2ccc(Cl)cc2)N([C@@H](CC)CN2CCCS2(=O)=O)C1=O. The summed E-state index contributed by atoms with van der Waals surface area (Å²) in [6.07, 6.45) is 4.21. The highest BCUT2D eigenvalue weighted by molar-refractivity contribution is 7.89. The first-order chi connectivity index (χ1) is 17.1. The van der Waals surface area contributed by atoms with Gasteiger partial charge in [-0.05, 0) is 61.1 Å². The van der Waals surface area contributed by atoms with Gasteiger partial charge >= 0.3 is 0 Å². The molecule has 0 saturated carbocycles. The zero-order chi connectivity index (χ0) is 26.1. The van der Waals surface area contributed by atoms with Gasteiger partial charge in [0.25, 0.3) is 0 Å². The predicted molar refractivity (Wildman–Crippen MR) is 147 cm³/mol. The molecule has 2 aromatic rings. The average Bonchev–Trinajstić information content (AvgIpc) is 3.17. The number of sulfonamides is 1. The van der Waals surface area contributed by atoms with Crippen LogP contribution in [0.5, 0.6) is 0 Å². The highest BCUT2D eigenvalue weighted by atomic mass is 35.5. The molecule has 0 unspecified atom stereocenters. The standard InChI is InChI=1S/C28H34Cl2N2O3S/c1-4-14-28(3)18-25(21-8-6-9-23(30)17-21)26(20-10-12-22(29)13-11-20)32(27(28)33)24(5-2)19-31-15-7-16-36(31,34)35/h4,6,8-13,17,24-26H,1,5,7,14-16,18-19H2,2-3H3/t24-,25+,26+,28-/m0/s1. The molecule has 0 spiro atoms. The number of allylic oxidation sites excluding steroid dienone is 1. The quantitative estimate of drug-likeness (QED) is 0.356. The van der Waals surface area contributed by atoms with Crippen molar-refractivity contribution in [3.8, 4) is 0 Å². The van der Waals surface area contributed by atoms with E-state index in [9.17, 15) is 13.2 Å². The van der Waals surface area contributed by atoms with Crippen LogP contribution in [0.2, 0.25) is 10.0 Å². The zero-order valence-electron chi connectivity index (χ0n) is 20.9. The fraction of sp³-hybridized carbons (Fsp3) is 0.464. The Bertz CT molecular complexity index is 1220. The number of amides is 1. The van der Waals surface area contributed by atoms with Crippen molar-refractivity contribution < 1.29 is 13.2 Å². The van der Waals surface area contributed by atoms with E-state index in [0.29, 0.717) is 48.8 Å². The van der Waals surface area contributed by atoms with Gasteiger partial charge in [0.05, 0.1) is 17.2 Å². The molecule has 0 bridgehead atoms. The normalized spacial score (nSPS) is 27.2. The molecule has 8 heteroatoms. The molecule has 4 atom stereocenters. The van der Waals surface area contributed by atoms with Crippen LogP contribution >= 0.6 is 23.2 Å². The smallest absolute Gasteiger partial charge is 0.229 e. The summed E-state index contributed by atoms with van der Waals surface area (Å²) in [4.78, 5) is 16.3. The molecule has 0 aliphatic carbocycles. The third-order valence-electron chi connectivity index (χ3n) is 7.67. The van der Waals surface area contributed by atoms with Gasteiger partial charge in [-0.25, -0.2) is 8.42 Å². The van der Waals surface area contributed by atoms with Crippen LogP contribution in [0, 0.1) is 5.41 Å². The number of nitrogens with zero attached hydrogens (tertiary/aromatic N) is 2. The minimum absolute atomic E-state index is 0.0315. The fourth-order valence-corrected chi connectivity index (χ4v) is 7.72. The number of hydrogen-bond donors (Lipinski definition) is 0. The Hall–Kier alpha value is -1.86. The molecular formula is C28H34Cl2N2O3S. The van der Waals surface area contributed by atoms with Gasteiger partial charge in [-0.2, -0.15) is 4.31 Å². The van der Waals surface area contributed by atoms with Crippen LogP contribution in [0.4, 0.5) is 0 Å². The number of halogens is 2. The summed E-state index contributed by atoms with van der Waals surface area (Å²) >= 11 is 12.7. The van der Waals surface area contributed by atoms with Crippen molar-refractivity contribution in [2.24, 2.45) is 5.41 Å². The zero-order valence-corrected chi connectivity index (χ0v) is 23.2. The van der Waals surface area contributed by atoms with Crippen LogP contribution in [-0.4, -0.2) is 48.4 Å². The summed E-state index contributed by atoms with van der Waals surface area (Å²) in [7, 11) is -3.30. The van der Waals surface area contributed by atoms with Crippen LogP contribution in [0.3, 0.4) is 0 Å². The molecule has 0 aromatic heterocycles. The van der Waals surface area contributed by atoms with Crippen LogP contribution in [-0.2, 0) is 14.8 Å². The van der Waals surface area contributed by atoms with E-state index in [1.54, 1.807) is 10.4 Å². The summed E-state index contributed by atoms with van der Waals surface area (Å²) < 4.78 is 27.0. The Morgan fingerprint density at radius 3 is 2.44 bits per heavy atom. The molecule has 4 rings (SSSR count). The van der Waals surface area contributed by atoms with E-state index in [1.165, 1.54) is 0 Å². The molecule has 2 fully saturated rings. The fourth-order valence-electron chi connectivity index (χ4n) is 5.83. The van der Waals surface area contributed by atoms with Gasteiger partial charge in [-0.1, -0.05) is 67.4 Å². The molecule has 2 aliphatic heterocycles. The van der Waals surface area contributed by atoms with E-state index in [2.05, 4.69) is 12.6 Å². The highest BCUT2D eigenvalue weighted by Gasteiger charge is 2.51. The summed E-state index contributed by atoms with van der Waals surface area (Å²) in [6, 6.07) is 14.9. The maximum atomic E-state index is 14.3. The van der Waals surface area contributed by atoms with Crippen molar-refractivity contribution in [3.63, 3.8) is 0 Å². The third-order valence-corrected chi connectivity index (χ3v) is 10.1. The lowest BCUT2D eigenvalue weighted by molar-refractivity contribution is -0.154. The van der Waals surface area contributed by atoms with Crippen molar-refractivity contribution in [1.29, 1.82) is 0 Å². The summed E-state index contributed by atoms with van der Waals surface area (Å²) in [5, 5.41) is 1.27. The Kier molecular flexibility index (Phi) is 8.20. The van der Waals surface area contributed by atoms with Gasteiger partial charge in [-0.3, -0.25) is 4.79 Å². The second-order valence-electron chi connectivity index (χ2n) is 10.2. The van der Waals surface area contributed by atoms with E-state index in [4.69, 9.17) is 23.2 Å². The minimum Gasteiger partial charge on any atom is -0.330 e. The first-order valence-electron chi connectivity index (χ1n) is 12.5. The van der Waals surface area contributed by atoms with E-state index in [-0.39, 0.29) is 29.7 Å². The molecule has 194 valence electrons. The molecule has 0 N–H and O–H groups in total. The molecule has 36 heavy (non-hydrogen) atoms. The number of carbonyl (C=O) groups excluding carboxylic acids is 1. The molecule has 1 amide bonds.